The van der Waals surface area contributed by atoms with Crippen LogP contribution in [0, 0.1) is 33.7 Å². The Morgan fingerprint density at radius 2 is 0.423 bits per heavy atom. The van der Waals surface area contributed by atoms with E-state index in [9.17, 15) is 0 Å². The molecule has 4 radical (unpaired) electrons. The molecule has 0 amide bonds. The van der Waals surface area contributed by atoms with Crippen molar-refractivity contribution in [2.24, 2.45) is 0 Å². The predicted octanol–water partition coefficient (Wildman–Crippen LogP) is 19.5. The first kappa shape index (κ1) is 68.7. The molecule has 2 fully saturated rings. The van der Waals surface area contributed by atoms with Gasteiger partial charge in [-0.15, -0.1) is 0 Å². The van der Waals surface area contributed by atoms with Gasteiger partial charge >= 0.3 is 385 Å². The zero-order valence-electron chi connectivity index (χ0n) is 51.1. The molecule has 2 aromatic heterocycles. The van der Waals surface area contributed by atoms with Gasteiger partial charge in [0.15, 0.2) is 0 Å². The molecule has 0 aliphatic heterocycles. The van der Waals surface area contributed by atoms with Gasteiger partial charge in [0.25, 0.3) is 0 Å². The van der Waals surface area contributed by atoms with Gasteiger partial charge in [-0.3, -0.25) is 0 Å². The van der Waals surface area contributed by atoms with E-state index in [2.05, 4.69) is 288 Å². The Hall–Kier alpha value is -3.53. The summed E-state index contributed by atoms with van der Waals surface area (Å²) in [4.78, 5) is 0. The average Bonchev–Trinajstić information content (AvgIpc) is 3.93. The number of rotatable bonds is 12. The molecule has 6 aromatic rings. The van der Waals surface area contributed by atoms with Gasteiger partial charge in [-0.05, 0) is 51.4 Å². The smallest absolute Gasteiger partial charge is 0.0352 e. The quantitative estimate of drug-likeness (QED) is 0.109. The van der Waals surface area contributed by atoms with Crippen LogP contribution in [-0.2, 0) is 35.7 Å². The van der Waals surface area contributed by atoms with Crippen LogP contribution in [0.15, 0.2) is 97.6 Å². The van der Waals surface area contributed by atoms with Gasteiger partial charge in [-0.25, -0.2) is 0 Å². The van der Waals surface area contributed by atoms with Crippen LogP contribution in [0.3, 0.4) is 0 Å². The first-order chi connectivity index (χ1) is 36.3. The second-order valence-corrected chi connectivity index (χ2v) is 25.3. The second kappa shape index (κ2) is 34.0. The molecule has 0 bridgehead atoms. The van der Waals surface area contributed by atoms with Crippen LogP contribution >= 0.6 is 0 Å². The molecule has 2 aliphatic carbocycles. The van der Waals surface area contributed by atoms with E-state index in [0.29, 0.717) is 47.3 Å². The Bertz CT molecular complexity index is 2300. The SMILES string of the molecule is CC(C)c1cccc(C(C)C)c1-n1ccn(-c2c(C(C)C)cccc2C(C)C)[c]1=[Rh].CC(C)c1cccc(C(C)C)c1-n1ccn(-c2c(C(C)C)cccc2C(C)C)[c]1=[Rh].O.O.[CH]1[CH]CCCCCC1.[CH]1[CH]CCCCCC1. The van der Waals surface area contributed by atoms with E-state index in [0.717, 1.165) is 8.03 Å². The van der Waals surface area contributed by atoms with E-state index in [1.165, 1.54) is 144 Å². The molecule has 2 heterocycles. The number of benzene rings is 4. The summed E-state index contributed by atoms with van der Waals surface area (Å²) >= 11 is 6.54. The molecule has 0 atom stereocenters. The van der Waals surface area contributed by atoms with Crippen molar-refractivity contribution in [1.82, 2.24) is 18.3 Å². The van der Waals surface area contributed by atoms with Gasteiger partial charge in [-0.2, -0.15) is 0 Å². The predicted molar refractivity (Wildman–Crippen MR) is 329 cm³/mol. The fourth-order valence-corrected chi connectivity index (χ4v) is 12.0. The fourth-order valence-electron chi connectivity index (χ4n) is 10.8. The summed E-state index contributed by atoms with van der Waals surface area (Å²) in [5.41, 5.74) is 16.4. The third-order valence-electron chi connectivity index (χ3n) is 15.1. The van der Waals surface area contributed by atoms with Crippen molar-refractivity contribution in [3.05, 3.63) is 176 Å². The number of hydrogen-bond acceptors (Lipinski definition) is 0. The van der Waals surface area contributed by atoms with Crippen LogP contribution < -0.4 is 0 Å². The van der Waals surface area contributed by atoms with E-state index in [-0.39, 0.29) is 11.0 Å². The molecular weight excluding hydrogens is 1130 g/mol. The molecule has 434 valence electrons. The number of hydrogen-bond donors (Lipinski definition) is 0. The first-order valence-corrected chi connectivity index (χ1v) is 31.3. The van der Waals surface area contributed by atoms with Crippen LogP contribution in [0.5, 0.6) is 0 Å². The molecule has 8 heteroatoms. The third kappa shape index (κ3) is 18.2. The summed E-state index contributed by atoms with van der Waals surface area (Å²) in [5, 5.41) is 0. The van der Waals surface area contributed by atoms with Gasteiger partial charge < -0.3 is 11.0 Å². The minimum atomic E-state index is 0. The van der Waals surface area contributed by atoms with Gasteiger partial charge in [-0.1, -0.05) is 51.4 Å². The number of para-hydroxylation sites is 4. The van der Waals surface area contributed by atoms with E-state index >= 15 is 0 Å². The van der Waals surface area contributed by atoms with Gasteiger partial charge in [0, 0.05) is 0 Å². The summed E-state index contributed by atoms with van der Waals surface area (Å²) in [6.45, 7) is 36.5. The van der Waals surface area contributed by atoms with Crippen molar-refractivity contribution in [1.29, 1.82) is 0 Å². The van der Waals surface area contributed by atoms with Crippen molar-refractivity contribution in [2.45, 2.75) is 235 Å². The normalized spacial score (nSPS) is 14.2. The van der Waals surface area contributed by atoms with E-state index in [1.54, 1.807) is 0 Å². The third-order valence-corrected chi connectivity index (χ3v) is 16.7. The summed E-state index contributed by atoms with van der Waals surface area (Å²) in [7, 11) is 0. The van der Waals surface area contributed by atoms with Crippen LogP contribution in [-0.4, -0.2) is 29.2 Å². The topological polar surface area (TPSA) is 82.7 Å². The van der Waals surface area contributed by atoms with Crippen molar-refractivity contribution in [3.8, 4) is 22.7 Å². The maximum atomic E-state index is 3.27. The minimum Gasteiger partial charge on any atom is -0.412 e. The van der Waals surface area contributed by atoms with E-state index < -0.39 is 0 Å². The zero-order valence-corrected chi connectivity index (χ0v) is 54.4. The molecular formula is C70H104N4O2Rh2. The Morgan fingerprint density at radius 1 is 0.269 bits per heavy atom. The standard InChI is InChI=1S/2C27H36N2.2C8H14.2H2O.2Rh/c2*1-18(2)22-11-9-12-23(19(3)4)26(22)28-15-16-29(17-28)27-24(20(5)6)13-10-14-25(27)21(7)8;2*1-2-4-6-8-7-5-3-1;;;;/h2*9-16,18-21H,1-8H3;2*1-2H,3-8H2;2*1H2;;. The minimum absolute atomic E-state index is 0. The van der Waals surface area contributed by atoms with Crippen molar-refractivity contribution >= 4 is 0 Å². The van der Waals surface area contributed by atoms with Gasteiger partial charge in [0.05, 0.1) is 0 Å². The molecule has 4 N–H and O–H groups in total. The number of nitrogens with zero attached hydrogens (tertiary/aromatic N) is 4. The van der Waals surface area contributed by atoms with Crippen molar-refractivity contribution in [2.75, 3.05) is 0 Å². The van der Waals surface area contributed by atoms with Crippen molar-refractivity contribution in [3.63, 3.8) is 0 Å². The summed E-state index contributed by atoms with van der Waals surface area (Å²) in [6.07, 6.45) is 34.9. The molecule has 78 heavy (non-hydrogen) atoms. The molecule has 0 saturated heterocycles. The Kier molecular flexibility index (Phi) is 30.0. The van der Waals surface area contributed by atoms with E-state index in [4.69, 9.17) is 0 Å². The van der Waals surface area contributed by atoms with Crippen molar-refractivity contribution < 1.29 is 46.7 Å². The summed E-state index contributed by atoms with van der Waals surface area (Å²) in [6, 6.07) is 27.0. The molecule has 2 saturated carbocycles. The number of imidazole rings is 2. The van der Waals surface area contributed by atoms with E-state index in [1.807, 2.05) is 0 Å². The molecule has 0 spiro atoms. The molecule has 8 rings (SSSR count). The van der Waals surface area contributed by atoms with Crippen LogP contribution in [0.1, 0.15) is 280 Å². The maximum Gasteiger partial charge on any atom is -0.0352 e. The first-order valence-electron chi connectivity index (χ1n) is 29.6. The largest absolute Gasteiger partial charge is 0.412 e. The molecule has 0 unspecified atom stereocenters. The average molecular weight is 1240 g/mol. The summed E-state index contributed by atoms with van der Waals surface area (Å²) < 4.78 is 11.7. The molecule has 4 aromatic carbocycles. The second-order valence-electron chi connectivity index (χ2n) is 23.9. The Balaban J connectivity index is 0.000000312. The summed E-state index contributed by atoms with van der Waals surface area (Å²) in [5.74, 6) is 3.70. The van der Waals surface area contributed by atoms with Gasteiger partial charge in [0.2, 0.25) is 0 Å². The van der Waals surface area contributed by atoms with Crippen LogP contribution in [0.2, 0.25) is 0 Å². The molecule has 6 nitrogen and oxygen atoms in total. The fraction of sp³-hybridized carbons (Fsp3) is 0.514. The number of aromatic nitrogens is 4. The molecule has 2 aliphatic rings. The monoisotopic (exact) mass is 1240 g/mol. The zero-order chi connectivity index (χ0) is 55.6. The maximum absolute atomic E-state index is 3.27. The van der Waals surface area contributed by atoms with Gasteiger partial charge in [0.1, 0.15) is 0 Å². The van der Waals surface area contributed by atoms with Crippen LogP contribution in [0.4, 0.5) is 0 Å². The Morgan fingerprint density at radius 3 is 0.564 bits per heavy atom. The Labute approximate surface area is 495 Å². The van der Waals surface area contributed by atoms with Crippen LogP contribution in [0.25, 0.3) is 22.7 Å².